The van der Waals surface area contributed by atoms with Crippen LogP contribution >= 0.6 is 0 Å². The van der Waals surface area contributed by atoms with E-state index in [9.17, 15) is 0 Å². The molecule has 0 unspecified atom stereocenters. The van der Waals surface area contributed by atoms with Gasteiger partial charge in [-0.1, -0.05) is 48.5 Å². The largest absolute Gasteiger partial charge is 0.368 e. The van der Waals surface area contributed by atoms with E-state index in [1.807, 2.05) is 0 Å². The van der Waals surface area contributed by atoms with Crippen molar-refractivity contribution in [2.24, 2.45) is 0 Å². The number of anilines is 3. The van der Waals surface area contributed by atoms with E-state index in [4.69, 9.17) is 9.97 Å². The Labute approximate surface area is 179 Å². The number of nitrogens with zero attached hydrogens (tertiary/aromatic N) is 5. The molecule has 0 amide bonds. The molecule has 5 heteroatoms. The Morgan fingerprint density at radius 2 is 1.20 bits per heavy atom. The molecule has 3 aromatic rings. The zero-order valence-electron chi connectivity index (χ0n) is 17.5. The van der Waals surface area contributed by atoms with Crippen LogP contribution in [0.3, 0.4) is 0 Å². The van der Waals surface area contributed by atoms with Gasteiger partial charge in [0.25, 0.3) is 0 Å². The number of piperazine rings is 1. The maximum absolute atomic E-state index is 5.03. The lowest BCUT2D eigenvalue weighted by molar-refractivity contribution is 0.567. The topological polar surface area (TPSA) is 35.5 Å². The number of rotatable bonds is 4. The van der Waals surface area contributed by atoms with Crippen LogP contribution in [0.15, 0.2) is 66.7 Å². The van der Waals surface area contributed by atoms with E-state index in [-0.39, 0.29) is 0 Å². The molecule has 2 aliphatic rings. The van der Waals surface area contributed by atoms with E-state index in [0.717, 1.165) is 62.3 Å². The van der Waals surface area contributed by atoms with Gasteiger partial charge in [-0.3, -0.25) is 0 Å². The molecule has 30 heavy (non-hydrogen) atoms. The van der Waals surface area contributed by atoms with Crippen LogP contribution < -0.4 is 14.7 Å². The maximum Gasteiger partial charge on any atom is 0.227 e. The molecule has 5 nitrogen and oxygen atoms in total. The van der Waals surface area contributed by atoms with Crippen LogP contribution in [0.2, 0.25) is 0 Å². The highest BCUT2D eigenvalue weighted by Crippen LogP contribution is 2.27. The highest BCUT2D eigenvalue weighted by molar-refractivity contribution is 5.65. The third kappa shape index (κ3) is 4.11. The van der Waals surface area contributed by atoms with Crippen molar-refractivity contribution in [3.8, 4) is 11.3 Å². The van der Waals surface area contributed by atoms with Gasteiger partial charge < -0.3 is 14.7 Å². The highest BCUT2D eigenvalue weighted by Gasteiger charge is 2.22. The minimum absolute atomic E-state index is 0.886. The molecule has 2 aliphatic heterocycles. The summed E-state index contributed by atoms with van der Waals surface area (Å²) >= 11 is 0. The summed E-state index contributed by atoms with van der Waals surface area (Å²) < 4.78 is 0. The van der Waals surface area contributed by atoms with Crippen LogP contribution in [-0.2, 0) is 0 Å². The third-order valence-corrected chi connectivity index (χ3v) is 6.13. The van der Waals surface area contributed by atoms with Gasteiger partial charge in [-0.15, -0.1) is 0 Å². The molecule has 0 atom stereocenters. The lowest BCUT2D eigenvalue weighted by atomic mass is 10.1. The highest BCUT2D eigenvalue weighted by atomic mass is 15.3. The van der Waals surface area contributed by atoms with E-state index in [2.05, 4.69) is 81.4 Å². The molecule has 0 spiro atoms. The minimum atomic E-state index is 0.886. The summed E-state index contributed by atoms with van der Waals surface area (Å²) in [7, 11) is 0. The SMILES string of the molecule is c1ccc(-c2cc(N3CCN(c4ccccc4)CC3)nc(N3CCCCC3)n2)cc1. The second-order valence-corrected chi connectivity index (χ2v) is 8.13. The van der Waals surface area contributed by atoms with Crippen molar-refractivity contribution in [1.29, 1.82) is 0 Å². The van der Waals surface area contributed by atoms with Crippen LogP contribution in [0, 0.1) is 0 Å². The number of hydrogen-bond donors (Lipinski definition) is 0. The second kappa shape index (κ2) is 8.74. The normalized spacial score (nSPS) is 17.3. The van der Waals surface area contributed by atoms with Crippen molar-refractivity contribution in [2.45, 2.75) is 19.3 Å². The van der Waals surface area contributed by atoms with E-state index in [0.29, 0.717) is 0 Å². The number of benzene rings is 2. The lowest BCUT2D eigenvalue weighted by Gasteiger charge is -2.37. The standard InChI is InChI=1S/C25H29N5/c1-4-10-21(11-5-1)23-20-24(27-25(26-23)30-14-8-3-9-15-30)29-18-16-28(17-19-29)22-12-6-2-7-13-22/h1-2,4-7,10-13,20H,3,8-9,14-19H2. The number of para-hydroxylation sites is 1. The molecule has 0 aliphatic carbocycles. The number of hydrogen-bond acceptors (Lipinski definition) is 5. The summed E-state index contributed by atoms with van der Waals surface area (Å²) in [5, 5.41) is 0. The fourth-order valence-electron chi connectivity index (χ4n) is 4.41. The summed E-state index contributed by atoms with van der Waals surface area (Å²) in [4.78, 5) is 17.2. The number of piperidine rings is 1. The molecule has 0 N–H and O–H groups in total. The summed E-state index contributed by atoms with van der Waals surface area (Å²) in [5.41, 5.74) is 3.48. The van der Waals surface area contributed by atoms with Crippen LogP contribution in [0.5, 0.6) is 0 Å². The smallest absolute Gasteiger partial charge is 0.227 e. The van der Waals surface area contributed by atoms with Gasteiger partial charge in [-0.2, -0.15) is 4.98 Å². The molecule has 3 heterocycles. The van der Waals surface area contributed by atoms with Gasteiger partial charge in [-0.25, -0.2) is 4.98 Å². The first kappa shape index (κ1) is 18.9. The van der Waals surface area contributed by atoms with Gasteiger partial charge in [0.1, 0.15) is 5.82 Å². The van der Waals surface area contributed by atoms with Crippen LogP contribution in [-0.4, -0.2) is 49.2 Å². The van der Waals surface area contributed by atoms with Crippen molar-refractivity contribution in [3.63, 3.8) is 0 Å². The Kier molecular flexibility index (Phi) is 5.51. The molecule has 5 rings (SSSR count). The number of aromatic nitrogens is 2. The molecular weight excluding hydrogens is 370 g/mol. The van der Waals surface area contributed by atoms with Crippen LogP contribution in [0.1, 0.15) is 19.3 Å². The van der Waals surface area contributed by atoms with Crippen molar-refractivity contribution in [1.82, 2.24) is 9.97 Å². The van der Waals surface area contributed by atoms with Crippen molar-refractivity contribution < 1.29 is 0 Å². The molecule has 0 bridgehead atoms. The predicted molar refractivity (Wildman–Crippen MR) is 124 cm³/mol. The average Bonchev–Trinajstić information content (AvgIpc) is 2.85. The summed E-state index contributed by atoms with van der Waals surface area (Å²) in [6, 6.07) is 23.4. The van der Waals surface area contributed by atoms with Gasteiger partial charge in [0.15, 0.2) is 0 Å². The van der Waals surface area contributed by atoms with E-state index < -0.39 is 0 Å². The van der Waals surface area contributed by atoms with Gasteiger partial charge in [0, 0.05) is 56.6 Å². The monoisotopic (exact) mass is 399 g/mol. The minimum Gasteiger partial charge on any atom is -0.368 e. The Morgan fingerprint density at radius 3 is 1.90 bits per heavy atom. The van der Waals surface area contributed by atoms with Crippen LogP contribution in [0.4, 0.5) is 17.5 Å². The van der Waals surface area contributed by atoms with Crippen molar-refractivity contribution in [3.05, 3.63) is 66.7 Å². The molecule has 0 saturated carbocycles. The Hall–Kier alpha value is -3.08. The Balaban J connectivity index is 1.41. The third-order valence-electron chi connectivity index (χ3n) is 6.13. The molecule has 2 fully saturated rings. The van der Waals surface area contributed by atoms with Gasteiger partial charge in [0.2, 0.25) is 5.95 Å². The second-order valence-electron chi connectivity index (χ2n) is 8.13. The van der Waals surface area contributed by atoms with Gasteiger partial charge >= 0.3 is 0 Å². The molecule has 2 saturated heterocycles. The molecular formula is C25H29N5. The van der Waals surface area contributed by atoms with Gasteiger partial charge in [-0.05, 0) is 31.4 Å². The van der Waals surface area contributed by atoms with E-state index in [1.165, 1.54) is 24.9 Å². The first-order valence-corrected chi connectivity index (χ1v) is 11.1. The summed E-state index contributed by atoms with van der Waals surface area (Å²) in [6.45, 7) is 6.07. The van der Waals surface area contributed by atoms with E-state index in [1.54, 1.807) is 0 Å². The fourth-order valence-corrected chi connectivity index (χ4v) is 4.41. The Bertz CT molecular complexity index is 946. The lowest BCUT2D eigenvalue weighted by Crippen LogP contribution is -2.47. The quantitative estimate of drug-likeness (QED) is 0.647. The summed E-state index contributed by atoms with van der Waals surface area (Å²) in [5.74, 6) is 1.94. The molecule has 2 aromatic carbocycles. The first-order valence-electron chi connectivity index (χ1n) is 11.1. The van der Waals surface area contributed by atoms with E-state index >= 15 is 0 Å². The first-order chi connectivity index (χ1) is 14.9. The molecule has 154 valence electrons. The maximum atomic E-state index is 5.03. The zero-order chi connectivity index (χ0) is 20.2. The summed E-state index contributed by atoms with van der Waals surface area (Å²) in [6.07, 6.45) is 3.76. The predicted octanol–water partition coefficient (Wildman–Crippen LogP) is 4.46. The average molecular weight is 400 g/mol. The van der Waals surface area contributed by atoms with Gasteiger partial charge in [0.05, 0.1) is 5.69 Å². The Morgan fingerprint density at radius 1 is 0.567 bits per heavy atom. The van der Waals surface area contributed by atoms with Crippen molar-refractivity contribution in [2.75, 3.05) is 54.0 Å². The van der Waals surface area contributed by atoms with Crippen LogP contribution in [0.25, 0.3) is 11.3 Å². The van der Waals surface area contributed by atoms with Crippen molar-refractivity contribution >= 4 is 17.5 Å². The molecule has 0 radical (unpaired) electrons. The zero-order valence-corrected chi connectivity index (χ0v) is 17.5. The fraction of sp³-hybridized carbons (Fsp3) is 0.360. The molecule has 1 aromatic heterocycles.